The number of sulfone groups is 1. The van der Waals surface area contributed by atoms with Crippen LogP contribution in [-0.4, -0.2) is 36.1 Å². The average Bonchev–Trinajstić information content (AvgIpc) is 2.88. The van der Waals surface area contributed by atoms with E-state index < -0.39 is 38.3 Å². The summed E-state index contributed by atoms with van der Waals surface area (Å²) in [5.41, 5.74) is -1.29. The normalized spacial score (nSPS) is 12.0. The van der Waals surface area contributed by atoms with Gasteiger partial charge in [-0.1, -0.05) is 34.1 Å². The molecule has 0 unspecified atom stereocenters. The topological polar surface area (TPSA) is 94.5 Å². The van der Waals surface area contributed by atoms with E-state index in [0.29, 0.717) is 17.3 Å². The van der Waals surface area contributed by atoms with Crippen molar-refractivity contribution in [1.82, 2.24) is 9.88 Å². The largest absolute Gasteiger partial charge is 0.492 e. The average molecular weight is 629 g/mol. The maximum Gasteiger partial charge on any atom is 0.416 e. The highest BCUT2D eigenvalue weighted by Gasteiger charge is 2.31. The van der Waals surface area contributed by atoms with Crippen molar-refractivity contribution < 1.29 is 31.1 Å². The number of pyridine rings is 1. The van der Waals surface area contributed by atoms with E-state index in [2.05, 4.69) is 21.2 Å². The Balaban J connectivity index is 1.97. The summed E-state index contributed by atoms with van der Waals surface area (Å²) >= 11 is 3.29. The molecule has 7 nitrogen and oxygen atoms in total. The third-order valence-corrected chi connectivity index (χ3v) is 8.67. The van der Waals surface area contributed by atoms with Crippen LogP contribution in [0.3, 0.4) is 0 Å². The van der Waals surface area contributed by atoms with E-state index in [9.17, 15) is 31.2 Å². The molecule has 3 aromatic rings. The molecule has 2 aromatic carbocycles. The molecule has 0 fully saturated rings. The van der Waals surface area contributed by atoms with Gasteiger partial charge in [-0.3, -0.25) is 14.2 Å². The van der Waals surface area contributed by atoms with Gasteiger partial charge in [0, 0.05) is 23.6 Å². The maximum atomic E-state index is 13.4. The van der Waals surface area contributed by atoms with Gasteiger partial charge in [0.2, 0.25) is 0 Å². The van der Waals surface area contributed by atoms with Crippen LogP contribution < -0.4 is 15.6 Å². The van der Waals surface area contributed by atoms with E-state index >= 15 is 0 Å². The molecule has 12 heteroatoms. The molecule has 0 saturated carbocycles. The Hall–Kier alpha value is -3.12. The number of rotatable bonds is 10. The van der Waals surface area contributed by atoms with Gasteiger partial charge in [-0.15, -0.1) is 0 Å². The van der Waals surface area contributed by atoms with Crippen LogP contribution in [-0.2, 0) is 22.6 Å². The summed E-state index contributed by atoms with van der Waals surface area (Å²) in [7, 11) is -3.45. The van der Waals surface area contributed by atoms with Crippen molar-refractivity contribution in [1.29, 1.82) is 0 Å². The molecule has 0 aliphatic heterocycles. The highest BCUT2D eigenvalue weighted by atomic mass is 79.9. The maximum absolute atomic E-state index is 13.4. The lowest BCUT2D eigenvalue weighted by molar-refractivity contribution is -0.137. The number of carbonyl (C=O) groups excluding carboxylic acids is 1. The standard InChI is InChI=1S/C27H28BrF3N2O5S/c1-17(2)39(36,37)22-10-8-19(9-11-22)16-32-25(34)23-15-24(38-13-5-12-28)18(3)33(26(23)35)21-7-4-6-20(14-21)27(29,30)31/h4,6-11,14-15,17H,5,12-13,16H2,1-3H3,(H,32,34). The fourth-order valence-corrected chi connectivity index (χ4v) is 4.99. The summed E-state index contributed by atoms with van der Waals surface area (Å²) in [6.45, 7) is 4.92. The highest BCUT2D eigenvalue weighted by molar-refractivity contribution is 9.09. The van der Waals surface area contributed by atoms with Crippen LogP contribution in [0.5, 0.6) is 5.75 Å². The van der Waals surface area contributed by atoms with Crippen molar-refractivity contribution >= 4 is 31.7 Å². The number of nitrogens with zero attached hydrogens (tertiary/aromatic N) is 1. The molecule has 1 amide bonds. The van der Waals surface area contributed by atoms with Crippen molar-refractivity contribution in [2.24, 2.45) is 0 Å². The van der Waals surface area contributed by atoms with Gasteiger partial charge in [-0.25, -0.2) is 8.42 Å². The Kier molecular flexibility index (Phi) is 9.65. The first-order chi connectivity index (χ1) is 18.3. The van der Waals surface area contributed by atoms with Crippen LogP contribution in [0.2, 0.25) is 0 Å². The summed E-state index contributed by atoms with van der Waals surface area (Å²) in [5.74, 6) is -0.577. The highest BCUT2D eigenvalue weighted by Crippen LogP contribution is 2.31. The van der Waals surface area contributed by atoms with E-state index in [4.69, 9.17) is 4.74 Å². The molecule has 210 valence electrons. The number of ether oxygens (including phenoxy) is 1. The second-order valence-electron chi connectivity index (χ2n) is 9.01. The van der Waals surface area contributed by atoms with Crippen LogP contribution in [0.25, 0.3) is 5.69 Å². The van der Waals surface area contributed by atoms with Gasteiger partial charge in [-0.2, -0.15) is 13.2 Å². The van der Waals surface area contributed by atoms with Crippen molar-refractivity contribution in [3.05, 3.63) is 87.3 Å². The Bertz CT molecular complexity index is 1500. The zero-order valence-corrected chi connectivity index (χ0v) is 23.9. The minimum atomic E-state index is -4.62. The van der Waals surface area contributed by atoms with Crippen molar-refractivity contribution in [3.8, 4) is 11.4 Å². The van der Waals surface area contributed by atoms with Crippen LogP contribution >= 0.6 is 15.9 Å². The van der Waals surface area contributed by atoms with E-state index in [0.717, 1.165) is 16.7 Å². The predicted molar refractivity (Wildman–Crippen MR) is 146 cm³/mol. The zero-order chi connectivity index (χ0) is 29.0. The lowest BCUT2D eigenvalue weighted by Crippen LogP contribution is -2.33. The summed E-state index contributed by atoms with van der Waals surface area (Å²) in [5, 5.41) is 2.67. The summed E-state index contributed by atoms with van der Waals surface area (Å²) < 4.78 is 71.5. The minimum Gasteiger partial charge on any atom is -0.492 e. The van der Waals surface area contributed by atoms with Gasteiger partial charge in [0.15, 0.2) is 9.84 Å². The second kappa shape index (κ2) is 12.4. The number of benzene rings is 2. The molecule has 0 spiro atoms. The summed E-state index contributed by atoms with van der Waals surface area (Å²) in [6, 6.07) is 11.5. The molecule has 3 rings (SSSR count). The first-order valence-electron chi connectivity index (χ1n) is 12.0. The number of nitrogens with one attached hydrogen (secondary N) is 1. The van der Waals surface area contributed by atoms with Crippen LogP contribution in [0, 0.1) is 6.92 Å². The number of amides is 1. The molecule has 0 atom stereocenters. The van der Waals surface area contributed by atoms with Crippen LogP contribution in [0.15, 0.2) is 64.3 Å². The van der Waals surface area contributed by atoms with Gasteiger partial charge in [0.1, 0.15) is 11.3 Å². The zero-order valence-electron chi connectivity index (χ0n) is 21.5. The van der Waals surface area contributed by atoms with E-state index in [1.807, 2.05) is 0 Å². The third-order valence-electron chi connectivity index (χ3n) is 5.94. The van der Waals surface area contributed by atoms with Gasteiger partial charge < -0.3 is 10.1 Å². The fourth-order valence-electron chi connectivity index (χ4n) is 3.70. The first kappa shape index (κ1) is 30.4. The second-order valence-corrected chi connectivity index (χ2v) is 12.3. The number of carbonyl (C=O) groups is 1. The number of hydrogen-bond donors (Lipinski definition) is 1. The summed E-state index contributed by atoms with van der Waals surface area (Å²) in [6.07, 6.45) is -4.01. The first-order valence-corrected chi connectivity index (χ1v) is 14.7. The monoisotopic (exact) mass is 628 g/mol. The molecule has 0 aliphatic rings. The molecule has 1 aromatic heterocycles. The molecule has 1 heterocycles. The van der Waals surface area contributed by atoms with Gasteiger partial charge in [0.05, 0.1) is 28.0 Å². The van der Waals surface area contributed by atoms with Crippen LogP contribution in [0.1, 0.15) is 47.4 Å². The van der Waals surface area contributed by atoms with E-state index in [-0.39, 0.29) is 40.7 Å². The molecule has 1 N–H and O–H groups in total. The van der Waals surface area contributed by atoms with E-state index in [1.54, 1.807) is 26.0 Å². The Morgan fingerprint density at radius 1 is 1.10 bits per heavy atom. The Morgan fingerprint density at radius 3 is 2.36 bits per heavy atom. The minimum absolute atomic E-state index is 0.0164. The fraction of sp³-hybridized carbons (Fsp3) is 0.333. The van der Waals surface area contributed by atoms with Gasteiger partial charge >= 0.3 is 6.18 Å². The lowest BCUT2D eigenvalue weighted by atomic mass is 10.1. The van der Waals surface area contributed by atoms with E-state index in [1.165, 1.54) is 37.3 Å². The molecule has 0 radical (unpaired) electrons. The van der Waals surface area contributed by atoms with Crippen molar-refractivity contribution in [2.45, 2.75) is 50.1 Å². The molecule has 39 heavy (non-hydrogen) atoms. The number of halogens is 4. The van der Waals surface area contributed by atoms with Gasteiger partial charge in [-0.05, 0) is 63.1 Å². The Labute approximate surface area is 233 Å². The lowest BCUT2D eigenvalue weighted by Gasteiger charge is -2.18. The third kappa shape index (κ3) is 7.10. The quantitative estimate of drug-likeness (QED) is 0.238. The molecular weight excluding hydrogens is 601 g/mol. The number of hydrogen-bond acceptors (Lipinski definition) is 5. The van der Waals surface area contributed by atoms with Crippen molar-refractivity contribution in [3.63, 3.8) is 0 Å². The number of alkyl halides is 4. The predicted octanol–water partition coefficient (Wildman–Crippen LogP) is 5.44. The van der Waals surface area contributed by atoms with Crippen LogP contribution in [0.4, 0.5) is 13.2 Å². The smallest absolute Gasteiger partial charge is 0.416 e. The molecule has 0 aliphatic carbocycles. The van der Waals surface area contributed by atoms with Gasteiger partial charge in [0.25, 0.3) is 11.5 Å². The molecule has 0 saturated heterocycles. The summed E-state index contributed by atoms with van der Waals surface area (Å²) in [4.78, 5) is 26.6. The Morgan fingerprint density at radius 2 is 1.77 bits per heavy atom. The van der Waals surface area contributed by atoms with Crippen molar-refractivity contribution in [2.75, 3.05) is 11.9 Å². The molecular formula is C27H28BrF3N2O5S. The number of aromatic nitrogens is 1. The molecule has 0 bridgehead atoms. The SMILES string of the molecule is Cc1c(OCCCBr)cc(C(=O)NCc2ccc(S(=O)(=O)C(C)C)cc2)c(=O)n1-c1cccc(C(F)(F)F)c1.